The molecule has 2 atom stereocenters. The van der Waals surface area contributed by atoms with Crippen molar-refractivity contribution in [2.45, 2.75) is 40.0 Å². The third-order valence-corrected chi connectivity index (χ3v) is 4.69. The number of halogens is 4. The summed E-state index contributed by atoms with van der Waals surface area (Å²) < 4.78 is 27.0. The summed E-state index contributed by atoms with van der Waals surface area (Å²) in [4.78, 5) is 0. The van der Waals surface area contributed by atoms with E-state index in [-0.39, 0.29) is 16.0 Å². The molecular weight excluding hydrogens is 387 g/mol. The van der Waals surface area contributed by atoms with Gasteiger partial charge in [-0.15, -0.1) is 0 Å². The lowest BCUT2D eigenvalue weighted by atomic mass is 9.85. The molecule has 27 heavy (non-hydrogen) atoms. The molecule has 1 N–H and O–H groups in total. The van der Waals surface area contributed by atoms with Gasteiger partial charge in [-0.25, -0.2) is 8.78 Å². The molecular formula is C22H29Cl2F2N. The standard InChI is InChI=1S/C22H29Cl2F2N/c1-6-18(11-9-10-12-20(23)17(5)25)19(7-2)13-14-22(26)21(24)15-16(4)27-8-3/h8-10,12-15,18-19,27H,3,5-7,11H2,1-2,4H3/b10-9-,14-13+,16-15+,20-12+,22-21-/t18-,19+/m1/s1. The summed E-state index contributed by atoms with van der Waals surface area (Å²) in [6.45, 7) is 12.6. The minimum atomic E-state index is -0.658. The molecule has 0 bridgehead atoms. The maximum absolute atomic E-state index is 14.2. The van der Waals surface area contributed by atoms with Gasteiger partial charge in [-0.3, -0.25) is 0 Å². The summed E-state index contributed by atoms with van der Waals surface area (Å²) in [5.74, 6) is -0.618. The monoisotopic (exact) mass is 415 g/mol. The molecule has 0 saturated carbocycles. The summed E-state index contributed by atoms with van der Waals surface area (Å²) in [5, 5.41) is 2.87. The van der Waals surface area contributed by atoms with Crippen LogP contribution in [0.15, 0.2) is 83.2 Å². The Bertz CT molecular complexity index is 643. The first-order chi connectivity index (χ1) is 12.8. The van der Waals surface area contributed by atoms with E-state index >= 15 is 0 Å². The average Bonchev–Trinajstić information content (AvgIpc) is 2.62. The summed E-state index contributed by atoms with van der Waals surface area (Å²) in [6, 6.07) is 0. The van der Waals surface area contributed by atoms with Gasteiger partial charge in [0.1, 0.15) is 11.7 Å². The van der Waals surface area contributed by atoms with E-state index in [4.69, 9.17) is 23.2 Å². The molecule has 0 heterocycles. The maximum Gasteiger partial charge on any atom is 0.141 e. The first-order valence-electron chi connectivity index (χ1n) is 8.92. The van der Waals surface area contributed by atoms with Crippen molar-refractivity contribution in [2.75, 3.05) is 0 Å². The van der Waals surface area contributed by atoms with Crippen molar-refractivity contribution in [1.29, 1.82) is 0 Å². The molecule has 0 unspecified atom stereocenters. The van der Waals surface area contributed by atoms with Crippen molar-refractivity contribution < 1.29 is 8.78 Å². The van der Waals surface area contributed by atoms with Gasteiger partial charge < -0.3 is 5.32 Å². The predicted octanol–water partition coefficient (Wildman–Crippen LogP) is 8.20. The van der Waals surface area contributed by atoms with Crippen LogP contribution in [0.4, 0.5) is 8.78 Å². The van der Waals surface area contributed by atoms with E-state index in [1.807, 2.05) is 12.2 Å². The van der Waals surface area contributed by atoms with E-state index < -0.39 is 11.7 Å². The lowest BCUT2D eigenvalue weighted by Crippen LogP contribution is -2.10. The van der Waals surface area contributed by atoms with Gasteiger partial charge >= 0.3 is 0 Å². The third-order valence-electron chi connectivity index (χ3n) is 4.07. The van der Waals surface area contributed by atoms with E-state index in [1.165, 1.54) is 24.4 Å². The average molecular weight is 416 g/mol. The summed E-state index contributed by atoms with van der Waals surface area (Å²) in [5.41, 5.74) is 0.699. The zero-order valence-corrected chi connectivity index (χ0v) is 17.8. The van der Waals surface area contributed by atoms with Gasteiger partial charge in [-0.1, -0.05) is 74.9 Å². The van der Waals surface area contributed by atoms with Crippen molar-refractivity contribution in [1.82, 2.24) is 5.32 Å². The molecule has 1 nitrogen and oxygen atoms in total. The van der Waals surface area contributed by atoms with Crippen LogP contribution in [0.5, 0.6) is 0 Å². The van der Waals surface area contributed by atoms with Crippen LogP contribution in [0.2, 0.25) is 0 Å². The third kappa shape index (κ3) is 11.0. The van der Waals surface area contributed by atoms with Gasteiger partial charge in [0.25, 0.3) is 0 Å². The highest BCUT2D eigenvalue weighted by molar-refractivity contribution is 6.32. The number of allylic oxidation sites excluding steroid dienone is 11. The number of nitrogens with one attached hydrogen (secondary N) is 1. The van der Waals surface area contributed by atoms with Gasteiger partial charge in [-0.05, 0) is 56.0 Å². The van der Waals surface area contributed by atoms with Crippen LogP contribution in [0.3, 0.4) is 0 Å². The van der Waals surface area contributed by atoms with Crippen molar-refractivity contribution in [2.24, 2.45) is 11.8 Å². The Morgan fingerprint density at radius 2 is 1.85 bits per heavy atom. The molecule has 0 radical (unpaired) electrons. The van der Waals surface area contributed by atoms with Gasteiger partial charge in [0.05, 0.1) is 10.1 Å². The molecule has 0 saturated heterocycles. The van der Waals surface area contributed by atoms with Crippen LogP contribution < -0.4 is 5.32 Å². The molecule has 0 aromatic rings. The lowest BCUT2D eigenvalue weighted by molar-refractivity contribution is 0.376. The van der Waals surface area contributed by atoms with Gasteiger partial charge in [0.2, 0.25) is 0 Å². The fraction of sp³-hybridized carbons (Fsp3) is 0.364. The first kappa shape index (κ1) is 25.4. The molecule has 0 amide bonds. The van der Waals surface area contributed by atoms with Crippen LogP contribution in [-0.2, 0) is 0 Å². The van der Waals surface area contributed by atoms with Crippen LogP contribution in [0, 0.1) is 11.8 Å². The molecule has 0 rings (SSSR count). The molecule has 150 valence electrons. The molecule has 0 aromatic heterocycles. The minimum Gasteiger partial charge on any atom is -0.366 e. The fourth-order valence-electron chi connectivity index (χ4n) is 2.52. The van der Waals surface area contributed by atoms with Crippen LogP contribution >= 0.6 is 23.2 Å². The Morgan fingerprint density at radius 1 is 1.19 bits per heavy atom. The molecule has 0 aliphatic carbocycles. The van der Waals surface area contributed by atoms with E-state index in [0.717, 1.165) is 19.3 Å². The number of hydrogen-bond acceptors (Lipinski definition) is 1. The summed E-state index contributed by atoms with van der Waals surface area (Å²) >= 11 is 11.7. The molecule has 0 fully saturated rings. The normalized spacial score (nSPS) is 16.4. The second-order valence-electron chi connectivity index (χ2n) is 6.05. The van der Waals surface area contributed by atoms with E-state index in [9.17, 15) is 8.78 Å². The first-order valence-corrected chi connectivity index (χ1v) is 9.68. The molecule has 0 aromatic carbocycles. The quantitative estimate of drug-likeness (QED) is 0.316. The van der Waals surface area contributed by atoms with Crippen LogP contribution in [-0.4, -0.2) is 0 Å². The molecule has 0 aliphatic rings. The summed E-state index contributed by atoms with van der Waals surface area (Å²) in [7, 11) is 0. The molecule has 0 aliphatic heterocycles. The SMILES string of the molecule is C=CN/C(C)=C/C(Cl)=C(F)\C=C\[C@H](CC)[C@H](CC)C/C=C\C=C(\Cl)C(=C)F. The van der Waals surface area contributed by atoms with E-state index in [0.29, 0.717) is 11.6 Å². The van der Waals surface area contributed by atoms with E-state index in [1.54, 1.807) is 13.0 Å². The zero-order chi connectivity index (χ0) is 20.8. The van der Waals surface area contributed by atoms with Crippen LogP contribution in [0.1, 0.15) is 40.0 Å². The fourth-order valence-corrected chi connectivity index (χ4v) is 2.82. The van der Waals surface area contributed by atoms with Gasteiger partial charge in [0, 0.05) is 5.70 Å². The molecule has 5 heteroatoms. The number of rotatable bonds is 12. The number of hydrogen-bond donors (Lipinski definition) is 1. The Labute approximate surface area is 172 Å². The van der Waals surface area contributed by atoms with Crippen molar-refractivity contribution >= 4 is 23.2 Å². The second-order valence-corrected chi connectivity index (χ2v) is 6.87. The highest BCUT2D eigenvalue weighted by Gasteiger charge is 2.14. The predicted molar refractivity (Wildman–Crippen MR) is 116 cm³/mol. The second kappa shape index (κ2) is 14.5. The Kier molecular flexibility index (Phi) is 13.6. The highest BCUT2D eigenvalue weighted by Crippen LogP contribution is 2.26. The van der Waals surface area contributed by atoms with Gasteiger partial charge in [-0.2, -0.15) is 0 Å². The Morgan fingerprint density at radius 3 is 2.37 bits per heavy atom. The van der Waals surface area contributed by atoms with Crippen LogP contribution in [0.25, 0.3) is 0 Å². The largest absolute Gasteiger partial charge is 0.366 e. The summed E-state index contributed by atoms with van der Waals surface area (Å²) in [6.07, 6.45) is 14.0. The maximum atomic E-state index is 14.2. The van der Waals surface area contributed by atoms with Crippen molar-refractivity contribution in [3.8, 4) is 0 Å². The Balaban J connectivity index is 5.10. The Hall–Kier alpha value is -1.58. The van der Waals surface area contributed by atoms with Crippen molar-refractivity contribution in [3.63, 3.8) is 0 Å². The highest BCUT2D eigenvalue weighted by atomic mass is 35.5. The van der Waals surface area contributed by atoms with Gasteiger partial charge in [0.15, 0.2) is 0 Å². The smallest absolute Gasteiger partial charge is 0.141 e. The molecule has 0 spiro atoms. The zero-order valence-electron chi connectivity index (χ0n) is 16.2. The topological polar surface area (TPSA) is 12.0 Å². The van der Waals surface area contributed by atoms with Crippen molar-refractivity contribution in [3.05, 3.63) is 83.2 Å². The minimum absolute atomic E-state index is 0.0117. The van der Waals surface area contributed by atoms with E-state index in [2.05, 4.69) is 32.3 Å². The lowest BCUT2D eigenvalue weighted by Gasteiger charge is -2.21.